The Morgan fingerprint density at radius 3 is 2.26 bits per heavy atom. The molecule has 7 heteroatoms. The van der Waals surface area contributed by atoms with Crippen LogP contribution in [-0.4, -0.2) is 32.7 Å². The van der Waals surface area contributed by atoms with Crippen LogP contribution in [0.3, 0.4) is 0 Å². The first-order valence-corrected chi connectivity index (χ1v) is 11.6. The standard InChI is InChI=1S/C20H31Cl2NO3S/c1-20(2,3)27(25)23-18(13-7-8-14-21)17(12-9-15-22)19(24)26-16-10-5-4-6-11-16/h4-6,10-11,17-18,23H,7-9,12-15H2,1-3H3/t17-,18-,27?/m0/s1. The van der Waals surface area contributed by atoms with Crippen LogP contribution in [0, 0.1) is 5.92 Å². The minimum Gasteiger partial charge on any atom is -0.426 e. The molecule has 0 bridgehead atoms. The van der Waals surface area contributed by atoms with Crippen LogP contribution in [0.4, 0.5) is 0 Å². The Morgan fingerprint density at radius 2 is 1.70 bits per heavy atom. The van der Waals surface area contributed by atoms with Gasteiger partial charge >= 0.3 is 5.97 Å². The van der Waals surface area contributed by atoms with Crippen molar-refractivity contribution < 1.29 is 13.7 Å². The summed E-state index contributed by atoms with van der Waals surface area (Å²) in [5, 5.41) is 0. The fourth-order valence-electron chi connectivity index (χ4n) is 2.58. The van der Waals surface area contributed by atoms with Crippen molar-refractivity contribution in [3.05, 3.63) is 30.3 Å². The van der Waals surface area contributed by atoms with E-state index in [-0.39, 0.29) is 12.0 Å². The second kappa shape index (κ2) is 12.8. The number of rotatable bonds is 12. The summed E-state index contributed by atoms with van der Waals surface area (Å²) in [4.78, 5) is 12.9. The highest BCUT2D eigenvalue weighted by Gasteiger charge is 2.33. The van der Waals surface area contributed by atoms with E-state index in [1.54, 1.807) is 12.1 Å². The quantitative estimate of drug-likeness (QED) is 0.216. The normalized spacial score (nSPS) is 15.1. The predicted molar refractivity (Wildman–Crippen MR) is 115 cm³/mol. The maximum absolute atomic E-state index is 12.9. The van der Waals surface area contributed by atoms with Crippen molar-refractivity contribution in [3.8, 4) is 5.75 Å². The molecule has 0 aromatic heterocycles. The SMILES string of the molecule is CC(C)(C)S(=O)N[C@@H](CCCCCl)[C@H](CCCCl)C(=O)Oc1ccccc1. The summed E-state index contributed by atoms with van der Waals surface area (Å²) in [5.74, 6) is 0.794. The van der Waals surface area contributed by atoms with Gasteiger partial charge in [-0.1, -0.05) is 24.6 Å². The van der Waals surface area contributed by atoms with Gasteiger partial charge in [-0.3, -0.25) is 4.79 Å². The first kappa shape index (κ1) is 24.4. The number of unbranched alkanes of at least 4 members (excludes halogenated alkanes) is 1. The molecule has 0 heterocycles. The lowest BCUT2D eigenvalue weighted by molar-refractivity contribution is -0.140. The van der Waals surface area contributed by atoms with Gasteiger partial charge in [0, 0.05) is 17.8 Å². The van der Waals surface area contributed by atoms with Gasteiger partial charge in [-0.2, -0.15) is 0 Å². The third-order valence-corrected chi connectivity index (χ3v) is 6.28. The average Bonchev–Trinajstić information content (AvgIpc) is 2.62. The molecule has 0 aliphatic rings. The molecule has 154 valence electrons. The van der Waals surface area contributed by atoms with Crippen molar-refractivity contribution >= 4 is 40.2 Å². The zero-order valence-electron chi connectivity index (χ0n) is 16.4. The summed E-state index contributed by atoms with van der Waals surface area (Å²) < 4.78 is 21.0. The van der Waals surface area contributed by atoms with Crippen molar-refractivity contribution in [1.82, 2.24) is 4.72 Å². The lowest BCUT2D eigenvalue weighted by atomic mass is 9.91. The number of carbonyl (C=O) groups is 1. The van der Waals surface area contributed by atoms with Gasteiger partial charge < -0.3 is 4.74 Å². The monoisotopic (exact) mass is 435 g/mol. The van der Waals surface area contributed by atoms with Gasteiger partial charge in [0.2, 0.25) is 0 Å². The summed E-state index contributed by atoms with van der Waals surface area (Å²) in [6.07, 6.45) is 3.66. The fourth-order valence-corrected chi connectivity index (χ4v) is 3.83. The van der Waals surface area contributed by atoms with Gasteiger partial charge in [0.05, 0.1) is 21.7 Å². The summed E-state index contributed by atoms with van der Waals surface area (Å²) in [6, 6.07) is 8.75. The van der Waals surface area contributed by atoms with E-state index in [1.165, 1.54) is 0 Å². The molecule has 0 saturated carbocycles. The maximum Gasteiger partial charge on any atom is 0.315 e. The number of para-hydroxylation sites is 1. The van der Waals surface area contributed by atoms with Gasteiger partial charge in [-0.25, -0.2) is 8.93 Å². The lowest BCUT2D eigenvalue weighted by Crippen LogP contribution is -2.46. The molecule has 1 unspecified atom stereocenters. The van der Waals surface area contributed by atoms with Crippen molar-refractivity contribution in [2.45, 2.75) is 63.7 Å². The molecule has 0 fully saturated rings. The molecule has 0 saturated heterocycles. The van der Waals surface area contributed by atoms with E-state index in [4.69, 9.17) is 27.9 Å². The third-order valence-electron chi connectivity index (χ3n) is 4.11. The lowest BCUT2D eigenvalue weighted by Gasteiger charge is -2.29. The molecule has 0 spiro atoms. The Balaban J connectivity index is 2.97. The molecular formula is C20H31Cl2NO3S. The van der Waals surface area contributed by atoms with E-state index < -0.39 is 21.7 Å². The van der Waals surface area contributed by atoms with Crippen LogP contribution in [-0.2, 0) is 15.8 Å². The third kappa shape index (κ3) is 9.42. The van der Waals surface area contributed by atoms with Crippen LogP contribution in [0.5, 0.6) is 5.75 Å². The van der Waals surface area contributed by atoms with Crippen LogP contribution in [0.15, 0.2) is 30.3 Å². The number of nitrogens with one attached hydrogen (secondary N) is 1. The summed E-state index contributed by atoms with van der Waals surface area (Å²) in [5.41, 5.74) is 0. The number of hydrogen-bond donors (Lipinski definition) is 1. The smallest absolute Gasteiger partial charge is 0.315 e. The topological polar surface area (TPSA) is 55.4 Å². The Hall–Kier alpha value is -0.620. The highest BCUT2D eigenvalue weighted by atomic mass is 35.5. The average molecular weight is 436 g/mol. The summed E-state index contributed by atoms with van der Waals surface area (Å²) >= 11 is 11.7. The Labute approximate surface area is 175 Å². The van der Waals surface area contributed by atoms with Gasteiger partial charge in [0.25, 0.3) is 0 Å². The molecule has 1 aromatic rings. The van der Waals surface area contributed by atoms with Crippen LogP contribution in [0.2, 0.25) is 0 Å². The second-order valence-corrected chi connectivity index (χ2v) is 10.2. The van der Waals surface area contributed by atoms with Crippen molar-refractivity contribution in [1.29, 1.82) is 0 Å². The number of alkyl halides is 2. The minimum atomic E-state index is -1.29. The molecule has 1 aromatic carbocycles. The number of hydrogen-bond acceptors (Lipinski definition) is 3. The first-order valence-electron chi connectivity index (χ1n) is 9.36. The Morgan fingerprint density at radius 1 is 1.07 bits per heavy atom. The molecule has 27 heavy (non-hydrogen) atoms. The fraction of sp³-hybridized carbons (Fsp3) is 0.650. The van der Waals surface area contributed by atoms with Crippen LogP contribution in [0.1, 0.15) is 52.9 Å². The van der Waals surface area contributed by atoms with Gasteiger partial charge in [0.1, 0.15) is 5.75 Å². The van der Waals surface area contributed by atoms with E-state index in [0.29, 0.717) is 36.8 Å². The molecule has 4 nitrogen and oxygen atoms in total. The molecule has 0 aliphatic heterocycles. The maximum atomic E-state index is 12.9. The minimum absolute atomic E-state index is 0.257. The van der Waals surface area contributed by atoms with Gasteiger partial charge in [-0.05, 0) is 58.6 Å². The first-order chi connectivity index (χ1) is 12.8. The molecule has 1 N–H and O–H groups in total. The van der Waals surface area contributed by atoms with E-state index in [1.807, 2.05) is 39.0 Å². The summed E-state index contributed by atoms with van der Waals surface area (Å²) in [6.45, 7) is 5.71. The zero-order valence-corrected chi connectivity index (χ0v) is 18.7. The van der Waals surface area contributed by atoms with E-state index >= 15 is 0 Å². The number of ether oxygens (including phenoxy) is 1. The zero-order chi connectivity index (χ0) is 20.3. The van der Waals surface area contributed by atoms with E-state index in [2.05, 4.69) is 4.72 Å². The largest absolute Gasteiger partial charge is 0.426 e. The second-order valence-electron chi connectivity index (χ2n) is 7.46. The number of benzene rings is 1. The highest BCUT2D eigenvalue weighted by molar-refractivity contribution is 7.84. The van der Waals surface area contributed by atoms with Crippen molar-refractivity contribution in [2.24, 2.45) is 5.92 Å². The van der Waals surface area contributed by atoms with Crippen LogP contribution >= 0.6 is 23.2 Å². The summed E-state index contributed by atoms with van der Waals surface area (Å²) in [7, 11) is -1.29. The molecular weight excluding hydrogens is 405 g/mol. The Bertz CT molecular complexity index is 578. The Kier molecular flexibility index (Phi) is 11.5. The molecule has 0 amide bonds. The number of halogens is 2. The molecule has 3 atom stereocenters. The van der Waals surface area contributed by atoms with Crippen LogP contribution in [0.25, 0.3) is 0 Å². The molecule has 0 radical (unpaired) electrons. The van der Waals surface area contributed by atoms with Crippen molar-refractivity contribution in [3.63, 3.8) is 0 Å². The number of carbonyl (C=O) groups excluding carboxylic acids is 1. The highest BCUT2D eigenvalue weighted by Crippen LogP contribution is 2.23. The number of esters is 1. The van der Waals surface area contributed by atoms with Crippen LogP contribution < -0.4 is 9.46 Å². The van der Waals surface area contributed by atoms with Gasteiger partial charge in [-0.15, -0.1) is 23.2 Å². The van der Waals surface area contributed by atoms with Gasteiger partial charge in [0.15, 0.2) is 0 Å². The van der Waals surface area contributed by atoms with Crippen molar-refractivity contribution in [2.75, 3.05) is 11.8 Å². The predicted octanol–water partition coefficient (Wildman–Crippen LogP) is 5.06. The van der Waals surface area contributed by atoms with E-state index in [0.717, 1.165) is 12.8 Å². The molecule has 0 aliphatic carbocycles. The van der Waals surface area contributed by atoms with E-state index in [9.17, 15) is 9.00 Å². The molecule has 1 rings (SSSR count).